The second-order valence-corrected chi connectivity index (χ2v) is 8.90. The lowest BCUT2D eigenvalue weighted by atomic mass is 9.79. The van der Waals surface area contributed by atoms with Gasteiger partial charge < -0.3 is 10.6 Å². The summed E-state index contributed by atoms with van der Waals surface area (Å²) in [6.45, 7) is 0.614. The molecule has 160 valence electrons. The molecule has 0 saturated carbocycles. The number of nitrogens with one attached hydrogen (secondary N) is 3. The second kappa shape index (κ2) is 6.62. The van der Waals surface area contributed by atoms with E-state index in [2.05, 4.69) is 50.1 Å². The fourth-order valence-corrected chi connectivity index (χ4v) is 5.34. The minimum atomic E-state index is -0.559. The summed E-state index contributed by atoms with van der Waals surface area (Å²) in [4.78, 5) is 22.3. The summed E-state index contributed by atoms with van der Waals surface area (Å²) in [5.74, 6) is 0.738. The number of rotatable bonds is 3. The van der Waals surface area contributed by atoms with Gasteiger partial charge in [-0.1, -0.05) is 18.2 Å². The highest BCUT2D eigenvalue weighted by Crippen LogP contribution is 2.47. The van der Waals surface area contributed by atoms with Crippen molar-refractivity contribution in [3.8, 4) is 0 Å². The maximum absolute atomic E-state index is 13.0. The highest BCUT2D eigenvalue weighted by Gasteiger charge is 2.51. The van der Waals surface area contributed by atoms with Crippen molar-refractivity contribution in [2.45, 2.75) is 24.8 Å². The fourth-order valence-electron chi connectivity index (χ4n) is 5.34. The Balaban J connectivity index is 1.20. The van der Waals surface area contributed by atoms with E-state index < -0.39 is 5.41 Å². The number of H-pyrrole nitrogens is 1. The van der Waals surface area contributed by atoms with E-state index in [1.54, 1.807) is 6.20 Å². The molecule has 1 amide bonds. The third-order valence-electron chi connectivity index (χ3n) is 6.99. The standard InChI is InChI=1S/C26H20N6O/c33-25-26(20-3-2-8-27-24(20)31-25)11-16-9-15-6-7-18(30-23(15)10-17(16)12-26)13-28-21-4-1-5-22-19(21)14-29-32-22/h1-10,14,28H,11-13H2,(H,29,32)(H,27,31,33). The number of pyridine rings is 2. The molecule has 3 aromatic heterocycles. The average molecular weight is 432 g/mol. The largest absolute Gasteiger partial charge is 0.379 e. The van der Waals surface area contributed by atoms with E-state index in [4.69, 9.17) is 4.98 Å². The Labute approximate surface area is 189 Å². The molecule has 1 atom stereocenters. The van der Waals surface area contributed by atoms with Crippen LogP contribution in [0.1, 0.15) is 22.4 Å². The zero-order valence-electron chi connectivity index (χ0n) is 17.7. The van der Waals surface area contributed by atoms with Gasteiger partial charge in [0.15, 0.2) is 0 Å². The van der Waals surface area contributed by atoms with Gasteiger partial charge in [-0.25, -0.2) is 4.98 Å². The van der Waals surface area contributed by atoms with Gasteiger partial charge in [-0.15, -0.1) is 0 Å². The van der Waals surface area contributed by atoms with Gasteiger partial charge in [0.25, 0.3) is 0 Å². The van der Waals surface area contributed by atoms with Crippen LogP contribution in [0.15, 0.2) is 67.0 Å². The Morgan fingerprint density at radius 1 is 1.03 bits per heavy atom. The van der Waals surface area contributed by atoms with E-state index in [0.29, 0.717) is 25.2 Å². The van der Waals surface area contributed by atoms with Gasteiger partial charge in [0.2, 0.25) is 5.91 Å². The lowest BCUT2D eigenvalue weighted by Crippen LogP contribution is -2.35. The topological polar surface area (TPSA) is 95.6 Å². The minimum absolute atomic E-state index is 0.0442. The van der Waals surface area contributed by atoms with Crippen LogP contribution in [0.5, 0.6) is 0 Å². The normalized spacial score (nSPS) is 18.6. The van der Waals surface area contributed by atoms with E-state index in [9.17, 15) is 4.79 Å². The van der Waals surface area contributed by atoms with Crippen LogP contribution in [0.4, 0.5) is 11.5 Å². The Morgan fingerprint density at radius 2 is 1.94 bits per heavy atom. The van der Waals surface area contributed by atoms with E-state index in [1.807, 2.05) is 36.5 Å². The Bertz CT molecular complexity index is 1590. The Morgan fingerprint density at radius 3 is 2.88 bits per heavy atom. The van der Waals surface area contributed by atoms with Crippen LogP contribution in [0.2, 0.25) is 0 Å². The number of aromatic amines is 1. The summed E-state index contributed by atoms with van der Waals surface area (Å²) in [6.07, 6.45) is 4.93. The Hall–Kier alpha value is -4.26. The maximum Gasteiger partial charge on any atom is 0.237 e. The number of nitrogens with zero attached hydrogens (tertiary/aromatic N) is 3. The molecule has 1 aliphatic carbocycles. The van der Waals surface area contributed by atoms with Crippen LogP contribution in [0, 0.1) is 0 Å². The van der Waals surface area contributed by atoms with Crippen LogP contribution in [0.3, 0.4) is 0 Å². The Kier molecular flexibility index (Phi) is 3.68. The molecule has 0 radical (unpaired) electrons. The number of amides is 1. The molecule has 0 saturated heterocycles. The number of hydrogen-bond acceptors (Lipinski definition) is 5. The van der Waals surface area contributed by atoms with Crippen molar-refractivity contribution in [1.29, 1.82) is 0 Å². The monoisotopic (exact) mass is 432 g/mol. The molecule has 33 heavy (non-hydrogen) atoms. The van der Waals surface area contributed by atoms with E-state index >= 15 is 0 Å². The van der Waals surface area contributed by atoms with E-state index in [1.165, 1.54) is 11.1 Å². The lowest BCUT2D eigenvalue weighted by Gasteiger charge is -2.20. The number of fused-ring (bicyclic) bond motifs is 5. The number of carbonyl (C=O) groups is 1. The summed E-state index contributed by atoms with van der Waals surface area (Å²) in [6, 6.07) is 18.5. The average Bonchev–Trinajstić information content (AvgIpc) is 3.52. The molecule has 1 unspecified atom stereocenters. The summed E-state index contributed by atoms with van der Waals surface area (Å²) in [5.41, 5.74) is 6.80. The minimum Gasteiger partial charge on any atom is -0.379 e. The van der Waals surface area contributed by atoms with Gasteiger partial charge in [0.05, 0.1) is 34.9 Å². The van der Waals surface area contributed by atoms with Crippen LogP contribution in [-0.2, 0) is 29.6 Å². The summed E-state index contributed by atoms with van der Waals surface area (Å²) < 4.78 is 0. The molecule has 1 spiro atoms. The zero-order chi connectivity index (χ0) is 22.0. The van der Waals surface area contributed by atoms with Gasteiger partial charge in [-0.2, -0.15) is 5.10 Å². The molecule has 0 bridgehead atoms. The summed E-state index contributed by atoms with van der Waals surface area (Å²) in [5, 5.41) is 15.7. The molecule has 1 aliphatic heterocycles. The SMILES string of the molecule is O=C1Nc2ncccc2C12Cc1cc3ccc(CNc4cccc5[nH]ncc45)nc3cc1C2. The third kappa shape index (κ3) is 2.68. The van der Waals surface area contributed by atoms with Gasteiger partial charge in [-0.3, -0.25) is 14.9 Å². The quantitative estimate of drug-likeness (QED) is 0.399. The van der Waals surface area contributed by atoms with Gasteiger partial charge in [0, 0.05) is 28.2 Å². The van der Waals surface area contributed by atoms with Gasteiger partial charge in [-0.05, 0) is 60.4 Å². The van der Waals surface area contributed by atoms with Crippen molar-refractivity contribution in [3.05, 3.63) is 89.4 Å². The first-order chi connectivity index (χ1) is 16.2. The smallest absolute Gasteiger partial charge is 0.237 e. The van der Waals surface area contributed by atoms with Gasteiger partial charge in [0.1, 0.15) is 5.82 Å². The summed E-state index contributed by atoms with van der Waals surface area (Å²) in [7, 11) is 0. The van der Waals surface area contributed by atoms with E-state index in [-0.39, 0.29) is 5.91 Å². The van der Waals surface area contributed by atoms with Crippen molar-refractivity contribution < 1.29 is 4.79 Å². The van der Waals surface area contributed by atoms with Crippen LogP contribution < -0.4 is 10.6 Å². The predicted molar refractivity (Wildman–Crippen MR) is 127 cm³/mol. The molecule has 2 aromatic carbocycles. The van der Waals surface area contributed by atoms with E-state index in [0.717, 1.165) is 38.8 Å². The summed E-state index contributed by atoms with van der Waals surface area (Å²) >= 11 is 0. The number of aromatic nitrogens is 4. The molecule has 0 fully saturated rings. The molecule has 7 nitrogen and oxygen atoms in total. The van der Waals surface area contributed by atoms with Crippen molar-refractivity contribution in [1.82, 2.24) is 20.2 Å². The highest BCUT2D eigenvalue weighted by atomic mass is 16.2. The maximum atomic E-state index is 13.0. The van der Waals surface area contributed by atoms with Gasteiger partial charge >= 0.3 is 0 Å². The molecule has 7 heteroatoms. The first kappa shape index (κ1) is 18.3. The van der Waals surface area contributed by atoms with Crippen molar-refractivity contribution in [3.63, 3.8) is 0 Å². The fraction of sp³-hybridized carbons (Fsp3) is 0.154. The highest BCUT2D eigenvalue weighted by molar-refractivity contribution is 6.06. The second-order valence-electron chi connectivity index (χ2n) is 8.90. The van der Waals surface area contributed by atoms with Crippen LogP contribution >= 0.6 is 0 Å². The molecule has 5 aromatic rings. The predicted octanol–water partition coefficient (Wildman–Crippen LogP) is 4.11. The first-order valence-corrected chi connectivity index (χ1v) is 11.0. The number of benzene rings is 2. The molecule has 3 N–H and O–H groups in total. The number of anilines is 2. The van der Waals surface area contributed by atoms with Crippen molar-refractivity contribution in [2.24, 2.45) is 0 Å². The number of hydrogen-bond donors (Lipinski definition) is 3. The molecule has 4 heterocycles. The molecule has 7 rings (SSSR count). The third-order valence-corrected chi connectivity index (χ3v) is 6.99. The zero-order valence-corrected chi connectivity index (χ0v) is 17.7. The molecular formula is C26H20N6O. The van der Waals surface area contributed by atoms with Crippen molar-refractivity contribution in [2.75, 3.05) is 10.6 Å². The molecular weight excluding hydrogens is 412 g/mol. The van der Waals surface area contributed by atoms with Crippen LogP contribution in [-0.4, -0.2) is 26.1 Å². The van der Waals surface area contributed by atoms with Crippen LogP contribution in [0.25, 0.3) is 21.8 Å². The first-order valence-electron chi connectivity index (χ1n) is 11.0. The lowest BCUT2D eigenvalue weighted by molar-refractivity contribution is -0.120. The molecule has 2 aliphatic rings. The number of carbonyl (C=O) groups excluding carboxylic acids is 1. The van der Waals surface area contributed by atoms with Crippen molar-refractivity contribution >= 4 is 39.2 Å².